The van der Waals surface area contributed by atoms with Crippen LogP contribution in [0, 0.1) is 5.82 Å². The van der Waals surface area contributed by atoms with Crippen molar-refractivity contribution in [1.82, 2.24) is 4.72 Å². The molecule has 0 saturated carbocycles. The van der Waals surface area contributed by atoms with Gasteiger partial charge < -0.3 is 5.32 Å². The number of hydrogen-bond acceptors (Lipinski definition) is 3. The van der Waals surface area contributed by atoms with Crippen LogP contribution in [-0.4, -0.2) is 20.6 Å². The number of benzene rings is 2. The normalized spacial score (nSPS) is 12.8. The first kappa shape index (κ1) is 20.1. The van der Waals surface area contributed by atoms with Crippen LogP contribution in [-0.2, 0) is 14.8 Å². The Kier molecular flexibility index (Phi) is 6.50. The number of halogens is 1. The Morgan fingerprint density at radius 2 is 1.54 bits per heavy atom. The summed E-state index contributed by atoms with van der Waals surface area (Å²) in [4.78, 5) is 12.3. The molecule has 0 spiro atoms. The molecule has 0 aliphatic carbocycles. The van der Waals surface area contributed by atoms with E-state index in [4.69, 9.17) is 0 Å². The molecule has 0 bridgehead atoms. The highest BCUT2D eigenvalue weighted by atomic mass is 32.2. The van der Waals surface area contributed by atoms with Gasteiger partial charge in [0.15, 0.2) is 0 Å². The average molecular weight is 378 g/mol. The molecule has 0 aliphatic rings. The van der Waals surface area contributed by atoms with E-state index in [-0.39, 0.29) is 12.3 Å². The molecule has 0 radical (unpaired) electrons. The first-order valence-electron chi connectivity index (χ1n) is 8.26. The van der Waals surface area contributed by atoms with Crippen LogP contribution in [0.25, 0.3) is 0 Å². The third-order valence-electron chi connectivity index (χ3n) is 3.88. The number of carbonyl (C=O) groups excluding carboxylic acids is 1. The fourth-order valence-corrected chi connectivity index (χ4v) is 3.27. The van der Waals surface area contributed by atoms with Crippen LogP contribution >= 0.6 is 0 Å². The van der Waals surface area contributed by atoms with E-state index in [0.717, 1.165) is 11.8 Å². The van der Waals surface area contributed by atoms with Crippen LogP contribution in [0.4, 0.5) is 10.1 Å². The predicted octanol–water partition coefficient (Wildman–Crippen LogP) is 3.57. The summed E-state index contributed by atoms with van der Waals surface area (Å²) in [5.41, 5.74) is 2.31. The third kappa shape index (κ3) is 6.24. The van der Waals surface area contributed by atoms with Gasteiger partial charge in [0.05, 0.1) is 12.3 Å². The van der Waals surface area contributed by atoms with E-state index in [2.05, 4.69) is 23.9 Å². The Morgan fingerprint density at radius 3 is 2.04 bits per heavy atom. The van der Waals surface area contributed by atoms with Gasteiger partial charge in [-0.15, -0.1) is 0 Å². The molecule has 5 nitrogen and oxygen atoms in total. The standard InChI is InChI=1S/C19H23FN2O3S/c1-13(2)14-6-10-17(11-7-14)21-19(23)12-18(22-26(3,24)25)15-4-8-16(20)9-5-15/h4-11,13,18,22H,12H2,1-3H3,(H,21,23)/t18-/m0/s1. The van der Waals surface area contributed by atoms with E-state index in [1.807, 2.05) is 24.3 Å². The molecule has 0 fully saturated rings. The fraction of sp³-hybridized carbons (Fsp3) is 0.316. The van der Waals surface area contributed by atoms with Crippen molar-refractivity contribution >= 4 is 21.6 Å². The Bertz CT molecular complexity index is 847. The van der Waals surface area contributed by atoms with Gasteiger partial charge in [-0.25, -0.2) is 17.5 Å². The first-order chi connectivity index (χ1) is 12.1. The van der Waals surface area contributed by atoms with Gasteiger partial charge in [-0.3, -0.25) is 4.79 Å². The van der Waals surface area contributed by atoms with Crippen molar-refractivity contribution in [1.29, 1.82) is 0 Å². The second-order valence-electron chi connectivity index (χ2n) is 6.52. The summed E-state index contributed by atoms with van der Waals surface area (Å²) in [5.74, 6) is -0.379. The highest BCUT2D eigenvalue weighted by Gasteiger charge is 2.20. The number of carbonyl (C=O) groups is 1. The monoisotopic (exact) mass is 378 g/mol. The lowest BCUT2D eigenvalue weighted by Crippen LogP contribution is -2.30. The quantitative estimate of drug-likeness (QED) is 0.773. The summed E-state index contributed by atoms with van der Waals surface area (Å²) in [6.07, 6.45) is 0.913. The minimum absolute atomic E-state index is 0.107. The molecule has 1 amide bonds. The molecule has 1 atom stereocenters. The summed E-state index contributed by atoms with van der Waals surface area (Å²) in [7, 11) is -3.54. The molecule has 2 aromatic rings. The number of hydrogen-bond donors (Lipinski definition) is 2. The van der Waals surface area contributed by atoms with Crippen molar-refractivity contribution in [2.45, 2.75) is 32.2 Å². The van der Waals surface area contributed by atoms with Crippen LogP contribution < -0.4 is 10.0 Å². The molecule has 0 unspecified atom stereocenters. The molecule has 0 saturated heterocycles. The van der Waals surface area contributed by atoms with Crippen molar-refractivity contribution in [3.8, 4) is 0 Å². The zero-order valence-corrected chi connectivity index (χ0v) is 15.8. The SMILES string of the molecule is CC(C)c1ccc(NC(=O)C[C@H](NS(C)(=O)=O)c2ccc(F)cc2)cc1. The highest BCUT2D eigenvalue weighted by Crippen LogP contribution is 2.21. The van der Waals surface area contributed by atoms with Gasteiger partial charge >= 0.3 is 0 Å². The molecule has 0 heterocycles. The summed E-state index contributed by atoms with van der Waals surface area (Å²) < 4.78 is 38.7. The van der Waals surface area contributed by atoms with Gasteiger partial charge in [0.2, 0.25) is 15.9 Å². The van der Waals surface area contributed by atoms with Crippen LogP contribution in [0.5, 0.6) is 0 Å². The molecule has 2 rings (SSSR count). The largest absolute Gasteiger partial charge is 0.326 e. The van der Waals surface area contributed by atoms with Crippen LogP contribution in [0.2, 0.25) is 0 Å². The molecule has 0 aliphatic heterocycles. The van der Waals surface area contributed by atoms with Gasteiger partial charge in [0.25, 0.3) is 0 Å². The Hall–Kier alpha value is -2.25. The van der Waals surface area contributed by atoms with E-state index < -0.39 is 21.9 Å². The van der Waals surface area contributed by atoms with Crippen molar-refractivity contribution < 1.29 is 17.6 Å². The number of amides is 1. The lowest BCUT2D eigenvalue weighted by atomic mass is 10.0. The van der Waals surface area contributed by atoms with E-state index in [1.54, 1.807) is 0 Å². The first-order valence-corrected chi connectivity index (χ1v) is 10.2. The molecular weight excluding hydrogens is 355 g/mol. The Labute approximate surface area is 153 Å². The lowest BCUT2D eigenvalue weighted by molar-refractivity contribution is -0.116. The molecule has 140 valence electrons. The summed E-state index contributed by atoms with van der Waals surface area (Å²) >= 11 is 0. The summed E-state index contributed by atoms with van der Waals surface area (Å²) in [6, 6.07) is 12.1. The number of nitrogens with one attached hydrogen (secondary N) is 2. The highest BCUT2D eigenvalue weighted by molar-refractivity contribution is 7.88. The van der Waals surface area contributed by atoms with Gasteiger partial charge in [0.1, 0.15) is 5.82 Å². The maximum atomic E-state index is 13.1. The molecular formula is C19H23FN2O3S. The van der Waals surface area contributed by atoms with Gasteiger partial charge in [-0.1, -0.05) is 38.1 Å². The third-order valence-corrected chi connectivity index (χ3v) is 4.59. The lowest BCUT2D eigenvalue weighted by Gasteiger charge is -2.18. The zero-order chi connectivity index (χ0) is 19.3. The summed E-state index contributed by atoms with van der Waals surface area (Å²) in [6.45, 7) is 4.16. The zero-order valence-electron chi connectivity index (χ0n) is 15.0. The number of anilines is 1. The molecule has 26 heavy (non-hydrogen) atoms. The van der Waals surface area contributed by atoms with E-state index >= 15 is 0 Å². The van der Waals surface area contributed by atoms with Gasteiger partial charge in [-0.2, -0.15) is 0 Å². The van der Waals surface area contributed by atoms with Crippen molar-refractivity contribution in [3.63, 3.8) is 0 Å². The fourth-order valence-electron chi connectivity index (χ4n) is 2.53. The number of rotatable bonds is 7. The molecule has 2 aromatic carbocycles. The smallest absolute Gasteiger partial charge is 0.226 e. The van der Waals surface area contributed by atoms with Gasteiger partial charge in [-0.05, 0) is 41.3 Å². The minimum Gasteiger partial charge on any atom is -0.326 e. The molecule has 7 heteroatoms. The van der Waals surface area contributed by atoms with Gasteiger partial charge in [0, 0.05) is 12.1 Å². The molecule has 2 N–H and O–H groups in total. The number of sulfonamides is 1. The van der Waals surface area contributed by atoms with Crippen LogP contribution in [0.1, 0.15) is 43.4 Å². The average Bonchev–Trinajstić information content (AvgIpc) is 2.54. The predicted molar refractivity (Wildman–Crippen MR) is 101 cm³/mol. The second-order valence-corrected chi connectivity index (χ2v) is 8.30. The molecule has 0 aromatic heterocycles. The minimum atomic E-state index is -3.54. The van der Waals surface area contributed by atoms with Crippen LogP contribution in [0.3, 0.4) is 0 Å². The van der Waals surface area contributed by atoms with Crippen molar-refractivity contribution in [3.05, 3.63) is 65.5 Å². The van der Waals surface area contributed by atoms with E-state index in [0.29, 0.717) is 17.2 Å². The van der Waals surface area contributed by atoms with Crippen LogP contribution in [0.15, 0.2) is 48.5 Å². The van der Waals surface area contributed by atoms with E-state index in [9.17, 15) is 17.6 Å². The van der Waals surface area contributed by atoms with Crippen molar-refractivity contribution in [2.24, 2.45) is 0 Å². The topological polar surface area (TPSA) is 75.3 Å². The van der Waals surface area contributed by atoms with E-state index in [1.165, 1.54) is 24.3 Å². The second kappa shape index (κ2) is 8.42. The van der Waals surface area contributed by atoms with Crippen molar-refractivity contribution in [2.75, 3.05) is 11.6 Å². The maximum absolute atomic E-state index is 13.1. The Balaban J connectivity index is 2.11. The summed E-state index contributed by atoms with van der Waals surface area (Å²) in [5, 5.41) is 2.76. The Morgan fingerprint density at radius 1 is 1.00 bits per heavy atom. The maximum Gasteiger partial charge on any atom is 0.226 e.